The molecule has 2 aromatic rings. The Morgan fingerprint density at radius 1 is 0.758 bits per heavy atom. The molecule has 2 aromatic carbocycles. The van der Waals surface area contributed by atoms with Gasteiger partial charge in [-0.1, -0.05) is 93.6 Å². The zero-order valence-corrected chi connectivity index (χ0v) is 21.2. The summed E-state index contributed by atoms with van der Waals surface area (Å²) in [5, 5.41) is 0. The topological polar surface area (TPSA) is 0 Å². The van der Waals surface area contributed by atoms with Crippen molar-refractivity contribution in [3.63, 3.8) is 0 Å². The predicted molar refractivity (Wildman–Crippen MR) is 135 cm³/mol. The summed E-state index contributed by atoms with van der Waals surface area (Å²) in [5.74, 6) is 2.90. The molecule has 1 heterocycles. The van der Waals surface area contributed by atoms with Crippen molar-refractivity contribution < 1.29 is 13.2 Å². The molecule has 2 fully saturated rings. The van der Waals surface area contributed by atoms with Crippen LogP contribution >= 0.6 is 0 Å². The minimum atomic E-state index is -4.28. The van der Waals surface area contributed by atoms with Gasteiger partial charge < -0.3 is 0 Å². The number of halogens is 3. The third-order valence-electron chi connectivity index (χ3n) is 8.49. The summed E-state index contributed by atoms with van der Waals surface area (Å²) >= 11 is 0. The van der Waals surface area contributed by atoms with Gasteiger partial charge in [-0.3, -0.25) is 0 Å². The lowest BCUT2D eigenvalue weighted by atomic mass is 9.73. The van der Waals surface area contributed by atoms with Gasteiger partial charge in [-0.2, -0.15) is 13.2 Å². The zero-order valence-electron chi connectivity index (χ0n) is 20.0. The SMILES string of the molecule is CCC[SiH]1CCC([C@H]2CC[C@H](CCc3ccc(-c4ccc(C(F)(F)F)cc4)cc3)CC2)CC1. The summed E-state index contributed by atoms with van der Waals surface area (Å²) < 4.78 is 38.3. The molecule has 0 bridgehead atoms. The van der Waals surface area contributed by atoms with Crippen molar-refractivity contribution in [2.75, 3.05) is 0 Å². The third-order valence-corrected chi connectivity index (χ3v) is 12.2. The van der Waals surface area contributed by atoms with E-state index in [0.29, 0.717) is 0 Å². The Hall–Kier alpha value is -1.55. The first-order valence-electron chi connectivity index (χ1n) is 13.2. The fourth-order valence-corrected chi connectivity index (χ4v) is 9.87. The Morgan fingerprint density at radius 3 is 1.85 bits per heavy atom. The van der Waals surface area contributed by atoms with E-state index in [9.17, 15) is 13.2 Å². The summed E-state index contributed by atoms with van der Waals surface area (Å²) in [6, 6.07) is 18.7. The van der Waals surface area contributed by atoms with Crippen LogP contribution in [0.1, 0.15) is 69.4 Å². The van der Waals surface area contributed by atoms with Crippen LogP contribution in [0, 0.1) is 17.8 Å². The van der Waals surface area contributed by atoms with Gasteiger partial charge in [0.05, 0.1) is 5.56 Å². The number of aryl methyl sites for hydroxylation is 1. The van der Waals surface area contributed by atoms with Gasteiger partial charge in [-0.25, -0.2) is 0 Å². The molecule has 2 aliphatic rings. The minimum absolute atomic E-state index is 0.356. The number of rotatable bonds is 7. The highest BCUT2D eigenvalue weighted by molar-refractivity contribution is 6.58. The second-order valence-electron chi connectivity index (χ2n) is 10.7. The lowest BCUT2D eigenvalue weighted by molar-refractivity contribution is -0.137. The molecular weight excluding hydrogens is 433 g/mol. The van der Waals surface area contributed by atoms with Crippen LogP contribution < -0.4 is 0 Å². The molecule has 0 nitrogen and oxygen atoms in total. The predicted octanol–water partition coefficient (Wildman–Crippen LogP) is 9.16. The van der Waals surface area contributed by atoms with Crippen molar-refractivity contribution in [2.24, 2.45) is 17.8 Å². The van der Waals surface area contributed by atoms with Gasteiger partial charge in [0.2, 0.25) is 0 Å². The molecule has 0 unspecified atom stereocenters. The highest BCUT2D eigenvalue weighted by Crippen LogP contribution is 2.42. The van der Waals surface area contributed by atoms with E-state index in [0.717, 1.165) is 35.3 Å². The molecule has 0 spiro atoms. The Balaban J connectivity index is 1.20. The lowest BCUT2D eigenvalue weighted by Crippen LogP contribution is -2.28. The van der Waals surface area contributed by atoms with Gasteiger partial charge in [-0.05, 0) is 72.3 Å². The van der Waals surface area contributed by atoms with Crippen LogP contribution in [0.4, 0.5) is 13.2 Å². The van der Waals surface area contributed by atoms with Crippen molar-refractivity contribution in [1.29, 1.82) is 0 Å². The largest absolute Gasteiger partial charge is 0.416 e. The zero-order chi connectivity index (χ0) is 23.3. The van der Waals surface area contributed by atoms with E-state index in [-0.39, 0.29) is 8.80 Å². The summed E-state index contributed by atoms with van der Waals surface area (Å²) in [5.41, 5.74) is 2.56. The molecule has 1 saturated heterocycles. The van der Waals surface area contributed by atoms with Crippen LogP contribution in [0.15, 0.2) is 48.5 Å². The molecule has 4 heteroatoms. The Bertz CT molecular complexity index is 840. The summed E-state index contributed by atoms with van der Waals surface area (Å²) in [6.45, 7) is 2.36. The van der Waals surface area contributed by atoms with Crippen LogP contribution in [-0.4, -0.2) is 8.80 Å². The molecule has 4 rings (SSSR count). The Morgan fingerprint density at radius 2 is 1.30 bits per heavy atom. The second kappa shape index (κ2) is 11.2. The van der Waals surface area contributed by atoms with Crippen LogP contribution in [0.5, 0.6) is 0 Å². The average Bonchev–Trinajstić information content (AvgIpc) is 2.84. The standard InChI is InChI=1S/C29H39F3Si/c1-2-19-33-20-17-27(18-21-33)25-11-7-23(8-12-25)4-3-22-5-9-24(10-6-22)26-13-15-28(16-14-26)29(30,31)32/h5-6,9-10,13-16,23,25,27,33H,2-4,7-8,11-12,17-21H2,1H3/t23-,25-,27?,33?. The first kappa shape index (κ1) is 24.6. The lowest BCUT2D eigenvalue weighted by Gasteiger charge is -2.37. The molecule has 180 valence electrons. The van der Waals surface area contributed by atoms with Gasteiger partial charge in [0, 0.05) is 8.80 Å². The Labute approximate surface area is 199 Å². The molecule has 33 heavy (non-hydrogen) atoms. The average molecular weight is 473 g/mol. The fourth-order valence-electron chi connectivity index (χ4n) is 6.39. The highest BCUT2D eigenvalue weighted by Gasteiger charge is 2.31. The molecule has 1 aliphatic carbocycles. The number of hydrogen-bond acceptors (Lipinski definition) is 0. The third kappa shape index (κ3) is 6.74. The van der Waals surface area contributed by atoms with Crippen molar-refractivity contribution >= 4 is 8.80 Å². The van der Waals surface area contributed by atoms with Crippen LogP contribution in [-0.2, 0) is 12.6 Å². The molecule has 0 N–H and O–H groups in total. The van der Waals surface area contributed by atoms with Crippen molar-refractivity contribution in [2.45, 2.75) is 89.0 Å². The van der Waals surface area contributed by atoms with E-state index in [4.69, 9.17) is 0 Å². The van der Waals surface area contributed by atoms with Gasteiger partial charge in [0.15, 0.2) is 0 Å². The van der Waals surface area contributed by atoms with E-state index < -0.39 is 11.7 Å². The van der Waals surface area contributed by atoms with Gasteiger partial charge in [-0.15, -0.1) is 0 Å². The Kier molecular flexibility index (Phi) is 8.37. The second-order valence-corrected chi connectivity index (χ2v) is 14.1. The van der Waals surface area contributed by atoms with E-state index in [1.165, 1.54) is 69.1 Å². The van der Waals surface area contributed by atoms with E-state index in [2.05, 4.69) is 19.1 Å². The number of benzene rings is 2. The van der Waals surface area contributed by atoms with Gasteiger partial charge in [0.25, 0.3) is 0 Å². The van der Waals surface area contributed by atoms with E-state index in [1.54, 1.807) is 30.3 Å². The number of alkyl halides is 3. The monoisotopic (exact) mass is 472 g/mol. The smallest absolute Gasteiger partial charge is 0.166 e. The van der Waals surface area contributed by atoms with Gasteiger partial charge in [0.1, 0.15) is 0 Å². The maximum atomic E-state index is 12.8. The minimum Gasteiger partial charge on any atom is -0.166 e. The first-order valence-corrected chi connectivity index (χ1v) is 15.6. The molecule has 0 aromatic heterocycles. The molecular formula is C29H39F3Si. The van der Waals surface area contributed by atoms with Crippen LogP contribution in [0.2, 0.25) is 18.1 Å². The molecule has 1 saturated carbocycles. The normalized spacial score (nSPS) is 26.3. The molecule has 0 amide bonds. The molecule has 0 atom stereocenters. The van der Waals surface area contributed by atoms with Crippen LogP contribution in [0.3, 0.4) is 0 Å². The van der Waals surface area contributed by atoms with Gasteiger partial charge >= 0.3 is 6.18 Å². The van der Waals surface area contributed by atoms with Crippen molar-refractivity contribution in [3.05, 3.63) is 59.7 Å². The molecule has 1 aliphatic heterocycles. The van der Waals surface area contributed by atoms with Crippen molar-refractivity contribution in [3.8, 4) is 11.1 Å². The maximum Gasteiger partial charge on any atom is 0.416 e. The summed E-state index contributed by atoms with van der Waals surface area (Å²) in [7, 11) is -0.356. The molecule has 0 radical (unpaired) electrons. The fraction of sp³-hybridized carbons (Fsp3) is 0.586. The number of hydrogen-bond donors (Lipinski definition) is 0. The first-order chi connectivity index (χ1) is 15.9. The maximum absolute atomic E-state index is 12.8. The van der Waals surface area contributed by atoms with Crippen LogP contribution in [0.25, 0.3) is 11.1 Å². The summed E-state index contributed by atoms with van der Waals surface area (Å²) in [6.07, 6.45) is 8.28. The van der Waals surface area contributed by atoms with E-state index >= 15 is 0 Å². The highest BCUT2D eigenvalue weighted by atomic mass is 28.3. The summed E-state index contributed by atoms with van der Waals surface area (Å²) in [4.78, 5) is 0. The van der Waals surface area contributed by atoms with Crippen molar-refractivity contribution in [1.82, 2.24) is 0 Å². The quantitative estimate of drug-likeness (QED) is 0.352. The van der Waals surface area contributed by atoms with E-state index in [1.807, 2.05) is 12.1 Å².